The van der Waals surface area contributed by atoms with E-state index >= 15 is 0 Å². The molecule has 5 heteroatoms. The van der Waals surface area contributed by atoms with Gasteiger partial charge in [-0.25, -0.2) is 4.79 Å². The number of benzene rings is 1. The van der Waals surface area contributed by atoms with E-state index in [9.17, 15) is 9.59 Å². The summed E-state index contributed by atoms with van der Waals surface area (Å²) in [5, 5.41) is 2.84. The zero-order chi connectivity index (χ0) is 14.6. The van der Waals surface area contributed by atoms with Crippen LogP contribution in [0, 0.1) is 0 Å². The Balaban J connectivity index is 2.23. The molecular formula is C15H19NO4. The number of nitrogens with one attached hydrogen (secondary N) is 1. The lowest BCUT2D eigenvalue weighted by atomic mass is 9.97. The molecule has 1 aliphatic carbocycles. The number of carbonyl (C=O) groups excluding carboxylic acids is 2. The van der Waals surface area contributed by atoms with Gasteiger partial charge in [0.25, 0.3) is 5.91 Å². The van der Waals surface area contributed by atoms with Crippen LogP contribution in [0.5, 0.6) is 5.75 Å². The van der Waals surface area contributed by atoms with E-state index in [1.807, 2.05) is 0 Å². The first kappa shape index (κ1) is 14.4. The van der Waals surface area contributed by atoms with Crippen LogP contribution in [-0.4, -0.2) is 31.6 Å². The molecule has 0 bridgehead atoms. The molecule has 0 heterocycles. The Hall–Kier alpha value is -2.04. The first-order chi connectivity index (χ1) is 9.63. The van der Waals surface area contributed by atoms with E-state index in [4.69, 9.17) is 9.47 Å². The van der Waals surface area contributed by atoms with Crippen molar-refractivity contribution in [3.05, 3.63) is 29.8 Å². The van der Waals surface area contributed by atoms with Gasteiger partial charge < -0.3 is 14.8 Å². The van der Waals surface area contributed by atoms with E-state index in [0.717, 1.165) is 12.8 Å². The van der Waals surface area contributed by atoms with Crippen molar-refractivity contribution in [2.45, 2.75) is 31.2 Å². The van der Waals surface area contributed by atoms with Crippen molar-refractivity contribution in [2.24, 2.45) is 0 Å². The molecule has 0 aromatic heterocycles. The number of methoxy groups -OCH3 is 2. The SMILES string of the molecule is COC(=O)C1(NC(=O)c2ccccc2OC)CCCC1. The average molecular weight is 277 g/mol. The van der Waals surface area contributed by atoms with Crippen molar-refractivity contribution in [2.75, 3.05) is 14.2 Å². The third-order valence-electron chi connectivity index (χ3n) is 3.74. The van der Waals surface area contributed by atoms with E-state index < -0.39 is 5.54 Å². The van der Waals surface area contributed by atoms with Crippen LogP contribution < -0.4 is 10.1 Å². The van der Waals surface area contributed by atoms with Gasteiger partial charge in [-0.3, -0.25) is 4.79 Å². The Morgan fingerprint density at radius 1 is 1.15 bits per heavy atom. The van der Waals surface area contributed by atoms with Gasteiger partial charge in [-0.15, -0.1) is 0 Å². The van der Waals surface area contributed by atoms with Gasteiger partial charge in [0.15, 0.2) is 0 Å². The summed E-state index contributed by atoms with van der Waals surface area (Å²) >= 11 is 0. The monoisotopic (exact) mass is 277 g/mol. The van der Waals surface area contributed by atoms with Gasteiger partial charge >= 0.3 is 5.97 Å². The van der Waals surface area contributed by atoms with Gasteiger partial charge in [-0.2, -0.15) is 0 Å². The molecule has 5 nitrogen and oxygen atoms in total. The molecule has 108 valence electrons. The van der Waals surface area contributed by atoms with Crippen molar-refractivity contribution >= 4 is 11.9 Å². The van der Waals surface area contributed by atoms with E-state index in [0.29, 0.717) is 24.2 Å². The fourth-order valence-corrected chi connectivity index (χ4v) is 2.67. The third kappa shape index (κ3) is 2.61. The second-order valence-electron chi connectivity index (χ2n) is 4.94. The molecule has 0 spiro atoms. The van der Waals surface area contributed by atoms with Crippen LogP contribution in [-0.2, 0) is 9.53 Å². The Kier molecular flexibility index (Phi) is 4.27. The minimum absolute atomic E-state index is 0.310. The van der Waals surface area contributed by atoms with Gasteiger partial charge in [0, 0.05) is 0 Å². The molecule has 0 radical (unpaired) electrons. The van der Waals surface area contributed by atoms with Crippen molar-refractivity contribution in [3.8, 4) is 5.75 Å². The van der Waals surface area contributed by atoms with Crippen LogP contribution in [0.3, 0.4) is 0 Å². The fourth-order valence-electron chi connectivity index (χ4n) is 2.67. The Labute approximate surface area is 118 Å². The Morgan fingerprint density at radius 2 is 1.80 bits per heavy atom. The van der Waals surface area contributed by atoms with Crippen molar-refractivity contribution in [1.29, 1.82) is 0 Å². The van der Waals surface area contributed by atoms with Gasteiger partial charge in [-0.05, 0) is 25.0 Å². The molecule has 0 unspecified atom stereocenters. The molecule has 2 rings (SSSR count). The largest absolute Gasteiger partial charge is 0.496 e. The van der Waals surface area contributed by atoms with Crippen molar-refractivity contribution in [3.63, 3.8) is 0 Å². The minimum atomic E-state index is -0.896. The van der Waals surface area contributed by atoms with Crippen LogP contribution in [0.1, 0.15) is 36.0 Å². The van der Waals surface area contributed by atoms with Gasteiger partial charge in [-0.1, -0.05) is 25.0 Å². The number of esters is 1. The second kappa shape index (κ2) is 5.94. The van der Waals surface area contributed by atoms with Gasteiger partial charge in [0.1, 0.15) is 11.3 Å². The standard InChI is InChI=1S/C15H19NO4/c1-19-12-8-4-3-7-11(12)13(17)16-15(14(18)20-2)9-5-6-10-15/h3-4,7-8H,5-6,9-10H2,1-2H3,(H,16,17). The maximum atomic E-state index is 12.4. The number of hydrogen-bond acceptors (Lipinski definition) is 4. The molecule has 1 aliphatic rings. The van der Waals surface area contributed by atoms with E-state index in [1.165, 1.54) is 14.2 Å². The molecule has 0 aliphatic heterocycles. The zero-order valence-corrected chi connectivity index (χ0v) is 11.8. The van der Waals surface area contributed by atoms with Crippen LogP contribution in [0.15, 0.2) is 24.3 Å². The van der Waals surface area contributed by atoms with Crippen molar-refractivity contribution < 1.29 is 19.1 Å². The molecule has 0 saturated heterocycles. The first-order valence-electron chi connectivity index (χ1n) is 6.67. The van der Waals surface area contributed by atoms with Gasteiger partial charge in [0.2, 0.25) is 0 Å². The molecule has 20 heavy (non-hydrogen) atoms. The Morgan fingerprint density at radius 3 is 2.40 bits per heavy atom. The third-order valence-corrected chi connectivity index (χ3v) is 3.74. The number of hydrogen-bond donors (Lipinski definition) is 1. The fraction of sp³-hybridized carbons (Fsp3) is 0.467. The highest BCUT2D eigenvalue weighted by molar-refractivity contribution is 6.00. The lowest BCUT2D eigenvalue weighted by molar-refractivity contribution is -0.148. The number of ether oxygens (including phenoxy) is 2. The van der Waals surface area contributed by atoms with Crippen LogP contribution >= 0.6 is 0 Å². The summed E-state index contributed by atoms with van der Waals surface area (Å²) < 4.78 is 10.0. The van der Waals surface area contributed by atoms with Crippen molar-refractivity contribution in [1.82, 2.24) is 5.32 Å². The lowest BCUT2D eigenvalue weighted by Gasteiger charge is -2.27. The number of para-hydroxylation sites is 1. The summed E-state index contributed by atoms with van der Waals surface area (Å²) in [7, 11) is 2.86. The Bertz CT molecular complexity index is 506. The molecule has 0 atom stereocenters. The maximum Gasteiger partial charge on any atom is 0.331 e. The molecule has 1 aromatic carbocycles. The van der Waals surface area contributed by atoms with E-state index in [-0.39, 0.29) is 11.9 Å². The zero-order valence-electron chi connectivity index (χ0n) is 11.8. The highest BCUT2D eigenvalue weighted by Gasteiger charge is 2.43. The van der Waals surface area contributed by atoms with Crippen LogP contribution in [0.2, 0.25) is 0 Å². The minimum Gasteiger partial charge on any atom is -0.496 e. The molecule has 1 amide bonds. The summed E-state index contributed by atoms with van der Waals surface area (Å²) in [6.45, 7) is 0. The lowest BCUT2D eigenvalue weighted by Crippen LogP contribution is -2.53. The molecular weight excluding hydrogens is 258 g/mol. The quantitative estimate of drug-likeness (QED) is 0.854. The number of amides is 1. The van der Waals surface area contributed by atoms with E-state index in [2.05, 4.69) is 5.32 Å². The summed E-state index contributed by atoms with van der Waals surface area (Å²) in [5.41, 5.74) is -0.475. The maximum absolute atomic E-state index is 12.4. The molecule has 1 aromatic rings. The summed E-state index contributed by atoms with van der Waals surface area (Å²) in [5.74, 6) is -0.198. The summed E-state index contributed by atoms with van der Waals surface area (Å²) in [4.78, 5) is 24.4. The summed E-state index contributed by atoms with van der Waals surface area (Å²) in [6, 6.07) is 6.95. The molecule has 1 N–H and O–H groups in total. The van der Waals surface area contributed by atoms with Gasteiger partial charge in [0.05, 0.1) is 19.8 Å². The average Bonchev–Trinajstić information content (AvgIpc) is 2.95. The predicted molar refractivity (Wildman–Crippen MR) is 73.7 cm³/mol. The van der Waals surface area contributed by atoms with Crippen LogP contribution in [0.25, 0.3) is 0 Å². The number of carbonyl (C=O) groups is 2. The smallest absolute Gasteiger partial charge is 0.331 e. The van der Waals surface area contributed by atoms with Crippen LogP contribution in [0.4, 0.5) is 0 Å². The second-order valence-corrected chi connectivity index (χ2v) is 4.94. The predicted octanol–water partition coefficient (Wildman–Crippen LogP) is 1.91. The molecule has 1 fully saturated rings. The highest BCUT2D eigenvalue weighted by Crippen LogP contribution is 2.31. The summed E-state index contributed by atoms with van der Waals surface area (Å²) in [6.07, 6.45) is 3.03. The number of rotatable bonds is 4. The normalized spacial score (nSPS) is 16.5. The first-order valence-corrected chi connectivity index (χ1v) is 6.67. The topological polar surface area (TPSA) is 64.6 Å². The molecule has 1 saturated carbocycles. The highest BCUT2D eigenvalue weighted by atomic mass is 16.5. The van der Waals surface area contributed by atoms with E-state index in [1.54, 1.807) is 24.3 Å².